The maximum absolute atomic E-state index is 6.30. The second-order valence-electron chi connectivity index (χ2n) is 15.5. The van der Waals surface area contributed by atoms with Crippen molar-refractivity contribution in [2.75, 3.05) is 0 Å². The fraction of sp³-hybridized carbons (Fsp3) is 0.143. The predicted molar refractivity (Wildman–Crippen MR) is 215 cm³/mol. The van der Waals surface area contributed by atoms with Crippen molar-refractivity contribution in [1.29, 1.82) is 0 Å². The molecule has 0 atom stereocenters. The lowest BCUT2D eigenvalue weighted by Gasteiger charge is -2.32. The number of rotatable bonds is 4. The summed E-state index contributed by atoms with van der Waals surface area (Å²) in [6, 6.07) is 60.6. The lowest BCUT2D eigenvalue weighted by Crippen LogP contribution is -2.41. The molecule has 1 spiro atoms. The number of hydrogen-bond donors (Lipinski definition) is 0. The molecule has 0 amide bonds. The Hall–Kier alpha value is -5.48. The van der Waals surface area contributed by atoms with E-state index in [1.165, 1.54) is 77.9 Å². The maximum Gasteiger partial charge on any atom is 0.494 e. The summed E-state index contributed by atoms with van der Waals surface area (Å²) in [6.45, 7) is 8.37. The first-order chi connectivity index (χ1) is 25.2. The van der Waals surface area contributed by atoms with E-state index in [1.807, 2.05) is 0 Å². The van der Waals surface area contributed by atoms with Gasteiger partial charge in [-0.15, -0.1) is 0 Å². The highest BCUT2D eigenvalue weighted by Crippen LogP contribution is 2.63. The summed E-state index contributed by atoms with van der Waals surface area (Å²) in [5, 5.41) is 0. The molecule has 250 valence electrons. The molecular weight excluding hydrogens is 631 g/mol. The summed E-state index contributed by atoms with van der Waals surface area (Å²) in [6.07, 6.45) is 0. The van der Waals surface area contributed by atoms with Crippen LogP contribution in [0.5, 0.6) is 0 Å². The largest absolute Gasteiger partial charge is 0.494 e. The van der Waals surface area contributed by atoms with Crippen LogP contribution in [0.25, 0.3) is 55.6 Å². The van der Waals surface area contributed by atoms with Crippen LogP contribution in [-0.2, 0) is 14.7 Å². The van der Waals surface area contributed by atoms with E-state index < -0.39 is 0 Å². The zero-order valence-electron chi connectivity index (χ0n) is 30.0. The van der Waals surface area contributed by atoms with Gasteiger partial charge in [0, 0.05) is 0 Å². The number of hydrogen-bond acceptors (Lipinski definition) is 2. The molecular formula is C49H39BO2. The zero-order valence-corrected chi connectivity index (χ0v) is 30.0. The highest BCUT2D eigenvalue weighted by atomic mass is 16.7. The van der Waals surface area contributed by atoms with E-state index in [2.05, 4.69) is 191 Å². The molecule has 0 N–H and O–H groups in total. The Morgan fingerprint density at radius 1 is 0.346 bits per heavy atom. The van der Waals surface area contributed by atoms with Gasteiger partial charge < -0.3 is 9.31 Å². The van der Waals surface area contributed by atoms with Gasteiger partial charge in [-0.25, -0.2) is 0 Å². The lowest BCUT2D eigenvalue weighted by atomic mass is 9.70. The molecule has 1 saturated heterocycles. The van der Waals surface area contributed by atoms with Crippen LogP contribution in [0, 0.1) is 0 Å². The van der Waals surface area contributed by atoms with Crippen LogP contribution in [0.2, 0.25) is 0 Å². The molecule has 1 heterocycles. The van der Waals surface area contributed by atoms with Gasteiger partial charge in [0.2, 0.25) is 0 Å². The molecule has 2 aliphatic carbocycles. The maximum atomic E-state index is 6.30. The molecule has 3 heteroatoms. The molecule has 10 rings (SSSR count). The van der Waals surface area contributed by atoms with E-state index in [1.54, 1.807) is 0 Å². The topological polar surface area (TPSA) is 18.5 Å². The van der Waals surface area contributed by atoms with E-state index in [4.69, 9.17) is 9.31 Å². The van der Waals surface area contributed by atoms with Gasteiger partial charge in [-0.05, 0) is 129 Å². The molecule has 52 heavy (non-hydrogen) atoms. The van der Waals surface area contributed by atoms with Gasteiger partial charge in [0.25, 0.3) is 0 Å². The Morgan fingerprint density at radius 2 is 0.731 bits per heavy atom. The Morgan fingerprint density at radius 3 is 1.21 bits per heavy atom. The minimum absolute atomic E-state index is 0.348. The molecule has 2 nitrogen and oxygen atoms in total. The fourth-order valence-corrected chi connectivity index (χ4v) is 8.84. The third kappa shape index (κ3) is 4.46. The van der Waals surface area contributed by atoms with Crippen molar-refractivity contribution in [1.82, 2.24) is 0 Å². The Labute approximate surface area is 306 Å². The summed E-state index contributed by atoms with van der Waals surface area (Å²) < 4.78 is 12.6. The first-order valence-electron chi connectivity index (χ1n) is 18.4. The smallest absolute Gasteiger partial charge is 0.399 e. The highest BCUT2D eigenvalue weighted by Gasteiger charge is 2.52. The summed E-state index contributed by atoms with van der Waals surface area (Å²) in [5.74, 6) is 0. The van der Waals surface area contributed by atoms with Crippen molar-refractivity contribution in [3.8, 4) is 55.6 Å². The SMILES string of the molecule is CC1(C)OB(c2ccc(-c3cccc(-c4cccc(-c5ccc6c(c5)C5(c7ccccc7-c7ccccc75)c5ccccc5-6)c4)c3)cc2)OC1(C)C. The van der Waals surface area contributed by atoms with E-state index in [9.17, 15) is 0 Å². The van der Waals surface area contributed by atoms with Gasteiger partial charge >= 0.3 is 7.12 Å². The molecule has 3 aliphatic rings. The number of fused-ring (bicyclic) bond motifs is 10. The van der Waals surface area contributed by atoms with E-state index in [0.29, 0.717) is 0 Å². The Bertz CT molecular complexity index is 2460. The first-order valence-corrected chi connectivity index (χ1v) is 18.4. The molecule has 0 aromatic heterocycles. The Kier molecular flexibility index (Phi) is 6.77. The fourth-order valence-electron chi connectivity index (χ4n) is 8.84. The van der Waals surface area contributed by atoms with E-state index in [-0.39, 0.29) is 23.7 Å². The van der Waals surface area contributed by atoms with Gasteiger partial charge in [-0.1, -0.05) is 146 Å². The average molecular weight is 671 g/mol. The molecule has 7 aromatic carbocycles. The lowest BCUT2D eigenvalue weighted by molar-refractivity contribution is 0.00578. The summed E-state index contributed by atoms with van der Waals surface area (Å²) in [4.78, 5) is 0. The monoisotopic (exact) mass is 670 g/mol. The van der Waals surface area contributed by atoms with Crippen LogP contribution < -0.4 is 5.46 Å². The van der Waals surface area contributed by atoms with Crippen molar-refractivity contribution < 1.29 is 9.31 Å². The van der Waals surface area contributed by atoms with Gasteiger partial charge in [-0.2, -0.15) is 0 Å². The average Bonchev–Trinajstić information content (AvgIpc) is 3.73. The van der Waals surface area contributed by atoms with Crippen molar-refractivity contribution in [2.45, 2.75) is 44.3 Å². The van der Waals surface area contributed by atoms with E-state index >= 15 is 0 Å². The van der Waals surface area contributed by atoms with Gasteiger partial charge in [0.1, 0.15) is 0 Å². The van der Waals surface area contributed by atoms with Crippen LogP contribution in [0.4, 0.5) is 0 Å². The van der Waals surface area contributed by atoms with Crippen LogP contribution in [0.1, 0.15) is 49.9 Å². The molecule has 0 radical (unpaired) electrons. The first kappa shape index (κ1) is 31.3. The van der Waals surface area contributed by atoms with Gasteiger partial charge in [0.05, 0.1) is 16.6 Å². The van der Waals surface area contributed by atoms with Crippen LogP contribution in [0.15, 0.2) is 164 Å². The van der Waals surface area contributed by atoms with Crippen molar-refractivity contribution in [3.63, 3.8) is 0 Å². The highest BCUT2D eigenvalue weighted by molar-refractivity contribution is 6.62. The van der Waals surface area contributed by atoms with Crippen LogP contribution in [0.3, 0.4) is 0 Å². The standard InChI is InChI=1S/C49H39BO2/c1-47(2)48(3,4)52-50(51-47)38-26-23-32(24-27-38)33-13-11-14-34(29-33)35-15-12-16-36(30-35)37-25-28-42-41-19-7-10-22-45(41)49(46(42)31-37)43-20-8-5-17-39(43)40-18-6-9-21-44(40)49/h5-31H,1-4H3. The van der Waals surface area contributed by atoms with Gasteiger partial charge in [-0.3, -0.25) is 0 Å². The van der Waals surface area contributed by atoms with Crippen LogP contribution >= 0.6 is 0 Å². The summed E-state index contributed by atoms with van der Waals surface area (Å²) in [5.41, 5.74) is 17.9. The van der Waals surface area contributed by atoms with Crippen molar-refractivity contribution >= 4 is 12.6 Å². The molecule has 7 aromatic rings. The van der Waals surface area contributed by atoms with Crippen molar-refractivity contribution in [2.24, 2.45) is 0 Å². The molecule has 0 saturated carbocycles. The molecule has 1 fully saturated rings. The normalized spacial score (nSPS) is 16.7. The quantitative estimate of drug-likeness (QED) is 0.174. The molecule has 1 aliphatic heterocycles. The third-order valence-corrected chi connectivity index (χ3v) is 12.2. The second-order valence-corrected chi connectivity index (χ2v) is 15.5. The molecule has 0 bridgehead atoms. The second kappa shape index (κ2) is 11.3. The van der Waals surface area contributed by atoms with Gasteiger partial charge in [0.15, 0.2) is 0 Å². The third-order valence-electron chi connectivity index (χ3n) is 12.2. The van der Waals surface area contributed by atoms with Crippen LogP contribution in [-0.4, -0.2) is 18.3 Å². The van der Waals surface area contributed by atoms with E-state index in [0.717, 1.165) is 5.46 Å². The summed E-state index contributed by atoms with van der Waals surface area (Å²) >= 11 is 0. The zero-order chi connectivity index (χ0) is 35.2. The van der Waals surface area contributed by atoms with Crippen molar-refractivity contribution in [3.05, 3.63) is 186 Å². The Balaban J connectivity index is 1.02. The minimum atomic E-state index is -0.366. The predicted octanol–water partition coefficient (Wildman–Crippen LogP) is 11.3. The molecule has 0 unspecified atom stereocenters. The minimum Gasteiger partial charge on any atom is -0.399 e. The number of benzene rings is 7. The summed E-state index contributed by atoms with van der Waals surface area (Å²) in [7, 11) is -0.366.